The molecule has 2 N–H and O–H groups in total. The number of methoxy groups -OCH3 is 1. The van der Waals surface area contributed by atoms with Crippen LogP contribution in [0, 0.1) is 12.8 Å². The Kier molecular flexibility index (Phi) is 5.93. The van der Waals surface area contributed by atoms with E-state index in [0.717, 1.165) is 11.3 Å². The molecule has 0 aliphatic heterocycles. The molecule has 0 unspecified atom stereocenters. The number of hydrogen-bond acceptors (Lipinski definition) is 8. The van der Waals surface area contributed by atoms with E-state index in [2.05, 4.69) is 25.0 Å². The van der Waals surface area contributed by atoms with Gasteiger partial charge in [0.25, 0.3) is 14.4 Å². The third kappa shape index (κ3) is 4.35. The third-order valence-electron chi connectivity index (χ3n) is 3.37. The van der Waals surface area contributed by atoms with Gasteiger partial charge in [-0.3, -0.25) is 9.52 Å². The van der Waals surface area contributed by atoms with Crippen LogP contribution in [0.1, 0.15) is 29.8 Å². The summed E-state index contributed by atoms with van der Waals surface area (Å²) in [5.74, 6) is -1.14. The molecular formula is C15H18N4O5S2. The smallest absolute Gasteiger partial charge is 0.338 e. The Morgan fingerprint density at radius 3 is 2.54 bits per heavy atom. The lowest BCUT2D eigenvalue weighted by Gasteiger charge is -2.11. The number of ether oxygens (including phenoxy) is 1. The lowest BCUT2D eigenvalue weighted by atomic mass is 10.1. The molecule has 26 heavy (non-hydrogen) atoms. The summed E-state index contributed by atoms with van der Waals surface area (Å²) in [7, 11) is -2.79. The number of rotatable bonds is 6. The van der Waals surface area contributed by atoms with Crippen molar-refractivity contribution in [2.24, 2.45) is 5.92 Å². The maximum Gasteiger partial charge on any atom is 0.338 e. The van der Waals surface area contributed by atoms with Gasteiger partial charge in [-0.1, -0.05) is 31.3 Å². The van der Waals surface area contributed by atoms with Crippen molar-refractivity contribution in [2.75, 3.05) is 17.1 Å². The standard InChI is InChI=1S/C15H18N4O5S2/c1-8(2)12(20)16-14-17-18-15(25-14)26(22,23)19-11-7-5-6-10(9(11)3)13(21)24-4/h5-8,19H,1-4H3,(H,16,17,20). The fourth-order valence-electron chi connectivity index (χ4n) is 1.88. The second-order valence-corrected chi connectivity index (χ2v) is 8.43. The fraction of sp³-hybridized carbons (Fsp3) is 0.333. The highest BCUT2D eigenvalue weighted by atomic mass is 32.2. The summed E-state index contributed by atoms with van der Waals surface area (Å²) in [6, 6.07) is 4.58. The molecule has 0 aliphatic carbocycles. The maximum atomic E-state index is 12.5. The minimum Gasteiger partial charge on any atom is -0.465 e. The topological polar surface area (TPSA) is 127 Å². The summed E-state index contributed by atoms with van der Waals surface area (Å²) in [4.78, 5) is 23.4. The average Bonchev–Trinajstić information content (AvgIpc) is 3.05. The van der Waals surface area contributed by atoms with E-state index in [1.807, 2.05) is 0 Å². The SMILES string of the molecule is COC(=O)c1cccc(NS(=O)(=O)c2nnc(NC(=O)C(C)C)s2)c1C. The van der Waals surface area contributed by atoms with Crippen LogP contribution in [0.5, 0.6) is 0 Å². The van der Waals surface area contributed by atoms with Gasteiger partial charge in [0.05, 0.1) is 18.4 Å². The molecule has 0 saturated carbocycles. The van der Waals surface area contributed by atoms with Crippen molar-refractivity contribution in [3.63, 3.8) is 0 Å². The molecule has 0 saturated heterocycles. The van der Waals surface area contributed by atoms with Gasteiger partial charge in [-0.25, -0.2) is 4.79 Å². The van der Waals surface area contributed by atoms with E-state index in [-0.39, 0.29) is 32.5 Å². The van der Waals surface area contributed by atoms with Crippen LogP contribution in [0.25, 0.3) is 0 Å². The molecule has 1 amide bonds. The van der Waals surface area contributed by atoms with Crippen LogP contribution < -0.4 is 10.0 Å². The highest BCUT2D eigenvalue weighted by Crippen LogP contribution is 2.26. The van der Waals surface area contributed by atoms with Gasteiger partial charge in [0, 0.05) is 5.92 Å². The molecule has 2 aromatic rings. The van der Waals surface area contributed by atoms with E-state index in [1.165, 1.54) is 25.3 Å². The summed E-state index contributed by atoms with van der Waals surface area (Å²) in [5, 5.41) is 9.86. The summed E-state index contributed by atoms with van der Waals surface area (Å²) in [6.07, 6.45) is 0. The van der Waals surface area contributed by atoms with Crippen LogP contribution >= 0.6 is 11.3 Å². The zero-order chi connectivity index (χ0) is 19.5. The number of hydrogen-bond donors (Lipinski definition) is 2. The Labute approximate surface area is 154 Å². The molecule has 0 aliphatic rings. The van der Waals surface area contributed by atoms with Crippen molar-refractivity contribution >= 4 is 44.1 Å². The van der Waals surface area contributed by atoms with E-state index in [9.17, 15) is 18.0 Å². The molecule has 1 aromatic carbocycles. The second-order valence-electron chi connectivity index (χ2n) is 5.59. The van der Waals surface area contributed by atoms with E-state index in [4.69, 9.17) is 0 Å². The minimum absolute atomic E-state index is 0.0871. The first-order valence-corrected chi connectivity index (χ1v) is 9.80. The molecule has 9 nitrogen and oxygen atoms in total. The first kappa shape index (κ1) is 19.8. The average molecular weight is 398 g/mol. The zero-order valence-electron chi connectivity index (χ0n) is 14.6. The second kappa shape index (κ2) is 7.79. The molecular weight excluding hydrogens is 380 g/mol. The normalized spacial score (nSPS) is 11.3. The fourth-order valence-corrected chi connectivity index (χ4v) is 3.91. The first-order valence-electron chi connectivity index (χ1n) is 7.51. The maximum absolute atomic E-state index is 12.5. The summed E-state index contributed by atoms with van der Waals surface area (Å²) in [5.41, 5.74) is 0.881. The number of aromatic nitrogens is 2. The number of sulfonamides is 1. The number of carbonyl (C=O) groups is 2. The van der Waals surface area contributed by atoms with Gasteiger partial charge in [0.1, 0.15) is 0 Å². The van der Waals surface area contributed by atoms with Gasteiger partial charge in [-0.15, -0.1) is 10.2 Å². The Bertz CT molecular complexity index is 937. The molecule has 2 rings (SSSR count). The van der Waals surface area contributed by atoms with Crippen molar-refractivity contribution < 1.29 is 22.7 Å². The van der Waals surface area contributed by atoms with Gasteiger partial charge < -0.3 is 10.1 Å². The Morgan fingerprint density at radius 1 is 1.23 bits per heavy atom. The monoisotopic (exact) mass is 398 g/mol. The third-order valence-corrected chi connectivity index (χ3v) is 5.95. The van der Waals surface area contributed by atoms with Crippen molar-refractivity contribution in [3.05, 3.63) is 29.3 Å². The van der Waals surface area contributed by atoms with Gasteiger partial charge in [0.2, 0.25) is 11.0 Å². The number of benzene rings is 1. The molecule has 0 bridgehead atoms. The van der Waals surface area contributed by atoms with Crippen LogP contribution in [0.15, 0.2) is 22.5 Å². The lowest BCUT2D eigenvalue weighted by Crippen LogP contribution is -2.17. The van der Waals surface area contributed by atoms with Crippen LogP contribution in [0.3, 0.4) is 0 Å². The molecule has 0 atom stereocenters. The predicted molar refractivity (Wildman–Crippen MR) is 96.7 cm³/mol. The molecule has 1 aromatic heterocycles. The van der Waals surface area contributed by atoms with E-state index >= 15 is 0 Å². The summed E-state index contributed by atoms with van der Waals surface area (Å²) < 4.78 is 31.7. The van der Waals surface area contributed by atoms with Gasteiger partial charge in [0.15, 0.2) is 0 Å². The predicted octanol–water partition coefficient (Wildman–Crippen LogP) is 2.03. The van der Waals surface area contributed by atoms with Crippen LogP contribution in [-0.2, 0) is 19.6 Å². The van der Waals surface area contributed by atoms with E-state index in [0.29, 0.717) is 5.56 Å². The molecule has 140 valence electrons. The Hall–Kier alpha value is -2.53. The van der Waals surface area contributed by atoms with Crippen molar-refractivity contribution in [1.29, 1.82) is 0 Å². The Morgan fingerprint density at radius 2 is 1.92 bits per heavy atom. The van der Waals surface area contributed by atoms with Crippen LogP contribution in [0.2, 0.25) is 0 Å². The van der Waals surface area contributed by atoms with Gasteiger partial charge in [-0.05, 0) is 24.6 Å². The summed E-state index contributed by atoms with van der Waals surface area (Å²) >= 11 is 0.729. The van der Waals surface area contributed by atoms with E-state index in [1.54, 1.807) is 20.8 Å². The molecule has 0 radical (unpaired) electrons. The largest absolute Gasteiger partial charge is 0.465 e. The number of anilines is 2. The van der Waals surface area contributed by atoms with Crippen molar-refractivity contribution in [3.8, 4) is 0 Å². The molecule has 0 spiro atoms. The Balaban J connectivity index is 2.26. The highest BCUT2D eigenvalue weighted by molar-refractivity contribution is 7.94. The highest BCUT2D eigenvalue weighted by Gasteiger charge is 2.23. The number of esters is 1. The lowest BCUT2D eigenvalue weighted by molar-refractivity contribution is -0.118. The number of nitrogens with zero attached hydrogens (tertiary/aromatic N) is 2. The molecule has 1 heterocycles. The van der Waals surface area contributed by atoms with E-state index < -0.39 is 16.0 Å². The number of carbonyl (C=O) groups excluding carboxylic acids is 2. The zero-order valence-corrected chi connectivity index (χ0v) is 16.2. The minimum atomic E-state index is -4.03. The van der Waals surface area contributed by atoms with Gasteiger partial charge >= 0.3 is 5.97 Å². The van der Waals surface area contributed by atoms with Crippen molar-refractivity contribution in [2.45, 2.75) is 25.1 Å². The number of nitrogens with one attached hydrogen (secondary N) is 2. The summed E-state index contributed by atoms with van der Waals surface area (Å²) in [6.45, 7) is 5.00. The van der Waals surface area contributed by atoms with Gasteiger partial charge in [-0.2, -0.15) is 8.42 Å². The van der Waals surface area contributed by atoms with Crippen molar-refractivity contribution in [1.82, 2.24) is 10.2 Å². The first-order chi connectivity index (χ1) is 12.2. The molecule has 11 heteroatoms. The number of amides is 1. The van der Waals surface area contributed by atoms with Crippen LogP contribution in [0.4, 0.5) is 10.8 Å². The van der Waals surface area contributed by atoms with Crippen LogP contribution in [-0.4, -0.2) is 37.6 Å². The molecule has 0 fully saturated rings. The quantitative estimate of drug-likeness (QED) is 0.563.